The first-order valence-corrected chi connectivity index (χ1v) is 7.26. The van der Waals surface area contributed by atoms with Gasteiger partial charge in [0, 0.05) is 11.3 Å². The van der Waals surface area contributed by atoms with E-state index < -0.39 is 5.41 Å². The Balaban J connectivity index is 1.91. The van der Waals surface area contributed by atoms with E-state index in [2.05, 4.69) is 5.32 Å². The zero-order valence-electron chi connectivity index (χ0n) is 12.1. The van der Waals surface area contributed by atoms with Crippen LogP contribution in [0.2, 0.25) is 0 Å². The van der Waals surface area contributed by atoms with Crippen molar-refractivity contribution in [3.8, 4) is 5.75 Å². The van der Waals surface area contributed by atoms with Crippen LogP contribution in [-0.2, 0) is 10.2 Å². The predicted molar refractivity (Wildman–Crippen MR) is 83.6 cm³/mol. The molecule has 2 aromatic rings. The lowest BCUT2D eigenvalue weighted by Gasteiger charge is -2.41. The average molecular weight is 281 g/mol. The summed E-state index contributed by atoms with van der Waals surface area (Å²) in [5.41, 5.74) is 1.37. The molecule has 2 aromatic carbocycles. The molecule has 21 heavy (non-hydrogen) atoms. The van der Waals surface area contributed by atoms with Gasteiger partial charge in [-0.25, -0.2) is 0 Å². The van der Waals surface area contributed by atoms with Gasteiger partial charge in [0.1, 0.15) is 5.75 Å². The predicted octanol–water partition coefficient (Wildman–Crippen LogP) is 3.76. The first-order valence-electron chi connectivity index (χ1n) is 7.26. The molecule has 1 aliphatic carbocycles. The fourth-order valence-electron chi connectivity index (χ4n) is 2.96. The smallest absolute Gasteiger partial charge is 0.235 e. The van der Waals surface area contributed by atoms with Crippen molar-refractivity contribution in [3.05, 3.63) is 60.2 Å². The number of methoxy groups -OCH3 is 1. The number of hydrogen-bond acceptors (Lipinski definition) is 2. The van der Waals surface area contributed by atoms with Crippen LogP contribution < -0.4 is 10.1 Å². The number of ether oxygens (including phenoxy) is 1. The van der Waals surface area contributed by atoms with Gasteiger partial charge >= 0.3 is 0 Å². The molecule has 0 bridgehead atoms. The van der Waals surface area contributed by atoms with E-state index in [0.717, 1.165) is 36.3 Å². The van der Waals surface area contributed by atoms with Crippen molar-refractivity contribution in [1.82, 2.24) is 0 Å². The number of nitrogens with one attached hydrogen (secondary N) is 1. The molecule has 1 amide bonds. The van der Waals surface area contributed by atoms with E-state index in [0.29, 0.717) is 0 Å². The molecule has 3 rings (SSSR count). The summed E-state index contributed by atoms with van der Waals surface area (Å²) in [4.78, 5) is 12.8. The molecule has 0 spiro atoms. The molecule has 3 nitrogen and oxygen atoms in total. The number of hydrogen-bond donors (Lipinski definition) is 1. The zero-order valence-corrected chi connectivity index (χ0v) is 12.1. The van der Waals surface area contributed by atoms with Crippen LogP contribution >= 0.6 is 0 Å². The van der Waals surface area contributed by atoms with Gasteiger partial charge in [-0.2, -0.15) is 0 Å². The first-order chi connectivity index (χ1) is 10.3. The Labute approximate surface area is 124 Å². The van der Waals surface area contributed by atoms with Gasteiger partial charge in [0.05, 0.1) is 12.5 Å². The van der Waals surface area contributed by atoms with Crippen LogP contribution in [0.15, 0.2) is 54.6 Å². The molecular weight excluding hydrogens is 262 g/mol. The van der Waals surface area contributed by atoms with Crippen molar-refractivity contribution in [2.75, 3.05) is 12.4 Å². The highest BCUT2D eigenvalue weighted by molar-refractivity contribution is 6.00. The van der Waals surface area contributed by atoms with Crippen molar-refractivity contribution in [2.45, 2.75) is 24.7 Å². The molecule has 0 aromatic heterocycles. The molecule has 0 unspecified atom stereocenters. The second-order valence-electron chi connectivity index (χ2n) is 5.46. The molecule has 1 saturated carbocycles. The van der Waals surface area contributed by atoms with Crippen LogP contribution in [0.25, 0.3) is 0 Å². The van der Waals surface area contributed by atoms with Crippen LogP contribution in [0.4, 0.5) is 5.69 Å². The Hall–Kier alpha value is -2.29. The molecule has 0 heterocycles. The minimum atomic E-state index is -0.456. The highest BCUT2D eigenvalue weighted by Gasteiger charge is 2.47. The summed E-state index contributed by atoms with van der Waals surface area (Å²) >= 11 is 0. The molecule has 0 radical (unpaired) electrons. The van der Waals surface area contributed by atoms with Gasteiger partial charge in [0.25, 0.3) is 0 Å². The third kappa shape index (κ3) is 2.40. The minimum absolute atomic E-state index is 0.0597. The summed E-state index contributed by atoms with van der Waals surface area (Å²) in [6.07, 6.45) is 2.80. The number of benzene rings is 2. The van der Waals surface area contributed by atoms with Crippen LogP contribution in [0, 0.1) is 0 Å². The lowest BCUT2D eigenvalue weighted by Crippen LogP contribution is -2.46. The molecular formula is C18H19NO2. The van der Waals surface area contributed by atoms with Crippen LogP contribution in [-0.4, -0.2) is 13.0 Å². The molecule has 1 fully saturated rings. The van der Waals surface area contributed by atoms with Gasteiger partial charge in [-0.05, 0) is 31.0 Å². The summed E-state index contributed by atoms with van der Waals surface area (Å²) in [5.74, 6) is 0.852. The van der Waals surface area contributed by atoms with E-state index in [1.54, 1.807) is 7.11 Å². The van der Waals surface area contributed by atoms with E-state index in [9.17, 15) is 4.79 Å². The van der Waals surface area contributed by atoms with E-state index in [1.165, 1.54) is 0 Å². The summed E-state index contributed by atoms with van der Waals surface area (Å²) < 4.78 is 5.45. The third-order valence-electron chi connectivity index (χ3n) is 4.30. The fourth-order valence-corrected chi connectivity index (χ4v) is 2.96. The fraction of sp³-hybridized carbons (Fsp3) is 0.278. The normalized spacial score (nSPS) is 15.9. The monoisotopic (exact) mass is 281 g/mol. The average Bonchev–Trinajstić information content (AvgIpc) is 2.48. The molecule has 0 aliphatic heterocycles. The number of rotatable bonds is 4. The Bertz CT molecular complexity index is 633. The van der Waals surface area contributed by atoms with Gasteiger partial charge in [0.15, 0.2) is 0 Å². The SMILES string of the molecule is COc1ccccc1C1(C(=O)Nc2ccccc2)CCC1. The second-order valence-corrected chi connectivity index (χ2v) is 5.46. The van der Waals surface area contributed by atoms with Crippen molar-refractivity contribution >= 4 is 11.6 Å². The summed E-state index contributed by atoms with van der Waals surface area (Å²) in [5, 5.41) is 3.04. The van der Waals surface area contributed by atoms with Gasteiger partial charge in [0.2, 0.25) is 5.91 Å². The molecule has 3 heteroatoms. The maximum atomic E-state index is 12.8. The largest absolute Gasteiger partial charge is 0.496 e. The molecule has 0 atom stereocenters. The van der Waals surface area contributed by atoms with Gasteiger partial charge in [-0.15, -0.1) is 0 Å². The topological polar surface area (TPSA) is 38.3 Å². The maximum Gasteiger partial charge on any atom is 0.235 e. The number of amides is 1. The van der Waals surface area contributed by atoms with E-state index in [4.69, 9.17) is 4.74 Å². The molecule has 1 N–H and O–H groups in total. The molecule has 108 valence electrons. The first kappa shape index (κ1) is 13.7. The number of anilines is 1. The van der Waals surface area contributed by atoms with Crippen molar-refractivity contribution in [3.63, 3.8) is 0 Å². The Morgan fingerprint density at radius 1 is 1.05 bits per heavy atom. The number of carbonyl (C=O) groups excluding carboxylic acids is 1. The maximum absolute atomic E-state index is 12.8. The number of para-hydroxylation sites is 2. The highest BCUT2D eigenvalue weighted by Crippen LogP contribution is 2.47. The highest BCUT2D eigenvalue weighted by atomic mass is 16.5. The van der Waals surface area contributed by atoms with E-state index >= 15 is 0 Å². The van der Waals surface area contributed by atoms with Crippen LogP contribution in [0.1, 0.15) is 24.8 Å². The van der Waals surface area contributed by atoms with Crippen molar-refractivity contribution < 1.29 is 9.53 Å². The van der Waals surface area contributed by atoms with E-state index in [-0.39, 0.29) is 5.91 Å². The summed E-state index contributed by atoms with van der Waals surface area (Å²) in [7, 11) is 1.65. The quantitative estimate of drug-likeness (QED) is 0.926. The summed E-state index contributed by atoms with van der Waals surface area (Å²) in [6, 6.07) is 17.4. The van der Waals surface area contributed by atoms with Crippen LogP contribution in [0.3, 0.4) is 0 Å². The minimum Gasteiger partial charge on any atom is -0.496 e. The van der Waals surface area contributed by atoms with Gasteiger partial charge in [-0.1, -0.05) is 42.8 Å². The number of carbonyl (C=O) groups is 1. The van der Waals surface area contributed by atoms with Crippen molar-refractivity contribution in [2.24, 2.45) is 0 Å². The van der Waals surface area contributed by atoms with Gasteiger partial charge in [-0.3, -0.25) is 4.79 Å². The van der Waals surface area contributed by atoms with E-state index in [1.807, 2.05) is 54.6 Å². The third-order valence-corrected chi connectivity index (χ3v) is 4.30. The molecule has 1 aliphatic rings. The second kappa shape index (κ2) is 5.60. The Morgan fingerprint density at radius 3 is 2.33 bits per heavy atom. The molecule has 0 saturated heterocycles. The lowest BCUT2D eigenvalue weighted by molar-refractivity contribution is -0.124. The van der Waals surface area contributed by atoms with Gasteiger partial charge < -0.3 is 10.1 Å². The van der Waals surface area contributed by atoms with Crippen molar-refractivity contribution in [1.29, 1.82) is 0 Å². The lowest BCUT2D eigenvalue weighted by atomic mass is 9.63. The Morgan fingerprint density at radius 2 is 1.71 bits per heavy atom. The standard InChI is InChI=1S/C18H19NO2/c1-21-16-11-6-5-10-15(16)18(12-7-13-18)17(20)19-14-8-3-2-4-9-14/h2-6,8-11H,7,12-13H2,1H3,(H,19,20). The zero-order chi connectivity index (χ0) is 14.7. The summed E-state index contributed by atoms with van der Waals surface area (Å²) in [6.45, 7) is 0. The Kier molecular flexibility index (Phi) is 3.65. The van der Waals surface area contributed by atoms with Crippen LogP contribution in [0.5, 0.6) is 5.75 Å².